The molecular weight excluding hydrogens is 193 g/mol. The van der Waals surface area contributed by atoms with Crippen LogP contribution < -0.4 is 5.73 Å². The van der Waals surface area contributed by atoms with Crippen LogP contribution in [0.2, 0.25) is 0 Å². The van der Waals surface area contributed by atoms with Gasteiger partial charge in [-0.1, -0.05) is 6.92 Å². The molecule has 14 heavy (non-hydrogen) atoms. The highest BCUT2D eigenvalue weighted by molar-refractivity contribution is 5.29. The molecule has 2 N–H and O–H groups in total. The number of nitrogens with two attached hydrogens (primary N) is 1. The molecule has 2 nitrogen and oxygen atoms in total. The van der Waals surface area contributed by atoms with Crippen LogP contribution in [-0.2, 0) is 13.2 Å². The van der Waals surface area contributed by atoms with Gasteiger partial charge in [0.2, 0.25) is 0 Å². The zero-order valence-electron chi connectivity index (χ0n) is 8.10. The summed E-state index contributed by atoms with van der Waals surface area (Å²) in [7, 11) is 1.56. The maximum Gasteiger partial charge on any atom is 0.418 e. The van der Waals surface area contributed by atoms with Gasteiger partial charge in [0.15, 0.2) is 0 Å². The number of aryl methyl sites for hydroxylation is 1. The number of hydrogen-bond donors (Lipinski definition) is 1. The van der Waals surface area contributed by atoms with Gasteiger partial charge in [-0.25, -0.2) is 0 Å². The SMILES string of the molecule is CC[C@H](N)c1cn(C)cc1C(F)(F)F. The summed E-state index contributed by atoms with van der Waals surface area (Å²) in [6, 6.07) is -0.548. The third kappa shape index (κ3) is 2.09. The molecule has 1 rings (SSSR count). The van der Waals surface area contributed by atoms with E-state index in [1.165, 1.54) is 10.8 Å². The number of hydrogen-bond acceptors (Lipinski definition) is 1. The van der Waals surface area contributed by atoms with Crippen LogP contribution in [0.1, 0.15) is 30.5 Å². The third-order valence-corrected chi connectivity index (χ3v) is 2.13. The largest absolute Gasteiger partial charge is 0.418 e. The van der Waals surface area contributed by atoms with Gasteiger partial charge in [0.1, 0.15) is 0 Å². The summed E-state index contributed by atoms with van der Waals surface area (Å²) < 4.78 is 38.9. The summed E-state index contributed by atoms with van der Waals surface area (Å²) in [6.45, 7) is 1.76. The van der Waals surface area contributed by atoms with Gasteiger partial charge in [0.25, 0.3) is 0 Å². The maximum atomic E-state index is 12.5. The fourth-order valence-electron chi connectivity index (χ4n) is 1.36. The van der Waals surface area contributed by atoms with Gasteiger partial charge in [-0.15, -0.1) is 0 Å². The Kier molecular flexibility index (Phi) is 2.89. The van der Waals surface area contributed by atoms with Crippen LogP contribution in [0, 0.1) is 0 Å². The highest BCUT2D eigenvalue weighted by Crippen LogP contribution is 2.35. The molecule has 0 aromatic carbocycles. The monoisotopic (exact) mass is 206 g/mol. The van der Waals surface area contributed by atoms with Gasteiger partial charge in [-0.2, -0.15) is 13.2 Å². The predicted molar refractivity (Wildman–Crippen MR) is 47.6 cm³/mol. The second-order valence-corrected chi connectivity index (χ2v) is 3.31. The predicted octanol–water partition coefficient (Wildman–Crippen LogP) is 2.45. The van der Waals surface area contributed by atoms with Crippen molar-refractivity contribution in [1.29, 1.82) is 0 Å². The van der Waals surface area contributed by atoms with E-state index < -0.39 is 17.8 Å². The first-order valence-corrected chi connectivity index (χ1v) is 4.35. The Balaban J connectivity index is 3.16. The molecule has 1 aromatic heterocycles. The lowest BCUT2D eigenvalue weighted by Gasteiger charge is -2.11. The zero-order valence-corrected chi connectivity index (χ0v) is 8.10. The molecule has 0 saturated heterocycles. The molecule has 0 unspecified atom stereocenters. The Hall–Kier alpha value is -0.970. The van der Waals surface area contributed by atoms with E-state index in [-0.39, 0.29) is 5.56 Å². The molecule has 0 bridgehead atoms. The molecule has 0 radical (unpaired) electrons. The van der Waals surface area contributed by atoms with Crippen molar-refractivity contribution in [3.8, 4) is 0 Å². The first-order valence-electron chi connectivity index (χ1n) is 4.35. The van der Waals surface area contributed by atoms with E-state index in [9.17, 15) is 13.2 Å². The van der Waals surface area contributed by atoms with Gasteiger partial charge in [-0.3, -0.25) is 0 Å². The molecular formula is C9H13F3N2. The normalized spacial score (nSPS) is 14.4. The molecule has 0 aliphatic rings. The van der Waals surface area contributed by atoms with E-state index in [0.717, 1.165) is 6.20 Å². The van der Waals surface area contributed by atoms with Crippen LogP contribution in [0.5, 0.6) is 0 Å². The second-order valence-electron chi connectivity index (χ2n) is 3.31. The van der Waals surface area contributed by atoms with Gasteiger partial charge in [-0.05, 0) is 12.0 Å². The Labute approximate surface area is 80.5 Å². The average Bonchev–Trinajstić information content (AvgIpc) is 2.45. The summed E-state index contributed by atoms with van der Waals surface area (Å²) >= 11 is 0. The van der Waals surface area contributed by atoms with Crippen molar-refractivity contribution in [3.63, 3.8) is 0 Å². The Bertz CT molecular complexity index is 314. The lowest BCUT2D eigenvalue weighted by Crippen LogP contribution is -2.14. The van der Waals surface area contributed by atoms with Gasteiger partial charge in [0, 0.05) is 25.5 Å². The van der Waals surface area contributed by atoms with Crippen LogP contribution in [0.25, 0.3) is 0 Å². The van der Waals surface area contributed by atoms with Gasteiger partial charge in [0.05, 0.1) is 5.56 Å². The van der Waals surface area contributed by atoms with E-state index in [0.29, 0.717) is 6.42 Å². The molecule has 0 saturated carbocycles. The fraction of sp³-hybridized carbons (Fsp3) is 0.556. The van der Waals surface area contributed by atoms with Crippen molar-refractivity contribution in [3.05, 3.63) is 23.5 Å². The van der Waals surface area contributed by atoms with Gasteiger partial charge >= 0.3 is 6.18 Å². The Morgan fingerprint density at radius 2 is 2.00 bits per heavy atom. The molecule has 80 valence electrons. The second kappa shape index (κ2) is 3.65. The summed E-state index contributed by atoms with van der Waals surface area (Å²) in [4.78, 5) is 0. The summed E-state index contributed by atoms with van der Waals surface area (Å²) in [5, 5.41) is 0. The van der Waals surface area contributed by atoms with Crippen LogP contribution in [0.4, 0.5) is 13.2 Å². The Morgan fingerprint density at radius 1 is 1.43 bits per heavy atom. The number of alkyl halides is 3. The average molecular weight is 206 g/mol. The summed E-state index contributed by atoms with van der Waals surface area (Å²) in [5.74, 6) is 0. The van der Waals surface area contributed by atoms with E-state index in [1.807, 2.05) is 0 Å². The van der Waals surface area contributed by atoms with Crippen molar-refractivity contribution in [2.24, 2.45) is 12.8 Å². The van der Waals surface area contributed by atoms with Crippen molar-refractivity contribution in [2.75, 3.05) is 0 Å². The first kappa shape index (κ1) is 11.1. The minimum atomic E-state index is -4.32. The van der Waals surface area contributed by atoms with Crippen molar-refractivity contribution < 1.29 is 13.2 Å². The standard InChI is InChI=1S/C9H13F3N2/c1-3-8(13)6-4-14(2)5-7(6)9(10,11)12/h4-5,8H,3,13H2,1-2H3/t8-/m0/s1. The highest BCUT2D eigenvalue weighted by atomic mass is 19.4. The summed E-state index contributed by atoms with van der Waals surface area (Å²) in [5.41, 5.74) is 5.13. The molecule has 0 spiro atoms. The van der Waals surface area contributed by atoms with E-state index in [4.69, 9.17) is 5.73 Å². The molecule has 1 heterocycles. The minimum Gasteiger partial charge on any atom is -0.356 e. The molecule has 0 aliphatic heterocycles. The first-order chi connectivity index (χ1) is 6.36. The number of halogens is 3. The Morgan fingerprint density at radius 3 is 2.43 bits per heavy atom. The van der Waals surface area contributed by atoms with Crippen molar-refractivity contribution in [1.82, 2.24) is 4.57 Å². The molecule has 1 atom stereocenters. The molecule has 0 aliphatic carbocycles. The van der Waals surface area contributed by atoms with E-state index in [1.54, 1.807) is 14.0 Å². The number of aromatic nitrogens is 1. The van der Waals surface area contributed by atoms with Crippen LogP contribution >= 0.6 is 0 Å². The smallest absolute Gasteiger partial charge is 0.356 e. The maximum absolute atomic E-state index is 12.5. The van der Waals surface area contributed by atoms with Crippen molar-refractivity contribution >= 4 is 0 Å². The molecule has 5 heteroatoms. The number of rotatable bonds is 2. The highest BCUT2D eigenvalue weighted by Gasteiger charge is 2.35. The molecule has 0 fully saturated rings. The van der Waals surface area contributed by atoms with Gasteiger partial charge < -0.3 is 10.3 Å². The third-order valence-electron chi connectivity index (χ3n) is 2.13. The minimum absolute atomic E-state index is 0.169. The zero-order chi connectivity index (χ0) is 10.9. The summed E-state index contributed by atoms with van der Waals surface area (Å²) in [6.07, 6.45) is -1.34. The van der Waals surface area contributed by atoms with Crippen LogP contribution in [-0.4, -0.2) is 4.57 Å². The van der Waals surface area contributed by atoms with Crippen LogP contribution in [0.15, 0.2) is 12.4 Å². The molecule has 0 amide bonds. The van der Waals surface area contributed by atoms with E-state index >= 15 is 0 Å². The van der Waals surface area contributed by atoms with Crippen molar-refractivity contribution in [2.45, 2.75) is 25.6 Å². The van der Waals surface area contributed by atoms with Crippen LogP contribution in [0.3, 0.4) is 0 Å². The molecule has 1 aromatic rings. The lowest BCUT2D eigenvalue weighted by atomic mass is 10.0. The quantitative estimate of drug-likeness (QED) is 0.791. The topological polar surface area (TPSA) is 30.9 Å². The number of nitrogens with zero attached hydrogens (tertiary/aromatic N) is 1. The van der Waals surface area contributed by atoms with E-state index in [2.05, 4.69) is 0 Å². The lowest BCUT2D eigenvalue weighted by molar-refractivity contribution is -0.138. The fourth-order valence-corrected chi connectivity index (χ4v) is 1.36.